The molecule has 0 bridgehead atoms. The fraction of sp³-hybridized carbons (Fsp3) is 0.711. The molecular weight excluding hydrogens is 807 g/mol. The van der Waals surface area contributed by atoms with Crippen molar-refractivity contribution in [2.24, 2.45) is 0 Å². The van der Waals surface area contributed by atoms with Crippen LogP contribution in [-0.4, -0.2) is 179 Å². The Bertz CT molecular complexity index is 1260. The second-order valence-corrected chi connectivity index (χ2v) is 20.0. The van der Waals surface area contributed by atoms with Gasteiger partial charge >= 0.3 is 6.09 Å². The van der Waals surface area contributed by atoms with Crippen LogP contribution in [0.15, 0.2) is 60.7 Å². The molecule has 0 fully saturated rings. The zero-order valence-electron chi connectivity index (χ0n) is 38.0. The number of benzene rings is 2. The molecule has 0 aliphatic rings. The molecule has 16 heteroatoms. The molecule has 0 radical (unpaired) electrons. The van der Waals surface area contributed by atoms with E-state index in [9.17, 15) is 4.79 Å². The highest BCUT2D eigenvalue weighted by atomic mass is 28.4. The van der Waals surface area contributed by atoms with Crippen molar-refractivity contribution in [1.82, 2.24) is 5.32 Å². The Kier molecular flexibility index (Phi) is 31.2. The van der Waals surface area contributed by atoms with Crippen molar-refractivity contribution < 1.29 is 66.1 Å². The number of rotatable bonds is 39. The molecule has 2 aromatic carbocycles. The van der Waals surface area contributed by atoms with E-state index in [-0.39, 0.29) is 5.04 Å². The second kappa shape index (κ2) is 34.9. The smallest absolute Gasteiger partial charge is 0.407 e. The predicted octanol–water partition coefficient (Wildman–Crippen LogP) is 4.27. The first-order chi connectivity index (χ1) is 29.6. The summed E-state index contributed by atoms with van der Waals surface area (Å²) in [6.45, 7) is 23.8. The van der Waals surface area contributed by atoms with Gasteiger partial charge in [-0.15, -0.1) is 0 Å². The molecule has 61 heavy (non-hydrogen) atoms. The van der Waals surface area contributed by atoms with Gasteiger partial charge in [0, 0.05) is 6.54 Å². The summed E-state index contributed by atoms with van der Waals surface area (Å²) in [7, 11) is -2.55. The first-order valence-corrected chi connectivity index (χ1v) is 23.5. The fourth-order valence-corrected chi connectivity index (χ4v) is 10.4. The van der Waals surface area contributed by atoms with Crippen LogP contribution >= 0.6 is 0 Å². The lowest BCUT2D eigenvalue weighted by Crippen LogP contribution is -2.66. The Morgan fingerprint density at radius 1 is 0.410 bits per heavy atom. The van der Waals surface area contributed by atoms with Crippen LogP contribution in [0.5, 0.6) is 0 Å². The standard InChI is InChI=1S/C45H77NO14Si/c1-44(2,3)60-43(47)46-17-18-48-19-20-49-21-22-50-23-24-51-25-26-52-27-28-53-29-30-54-31-32-55-33-34-56-35-36-57-37-38-58-39-40-59-61(45(4,5)6,41-13-9-7-10-14-41)42-15-11-8-12-16-42/h7-16H,17-40H2,1-6H3,(H,46,47). The van der Waals surface area contributed by atoms with Gasteiger partial charge in [0.25, 0.3) is 8.32 Å². The van der Waals surface area contributed by atoms with E-state index < -0.39 is 20.0 Å². The number of ether oxygens (including phenoxy) is 12. The molecule has 15 nitrogen and oxygen atoms in total. The van der Waals surface area contributed by atoms with Crippen molar-refractivity contribution in [1.29, 1.82) is 0 Å². The molecule has 0 saturated heterocycles. The van der Waals surface area contributed by atoms with Crippen LogP contribution in [0.1, 0.15) is 41.5 Å². The van der Waals surface area contributed by atoms with Gasteiger partial charge in [0.1, 0.15) is 5.60 Å². The van der Waals surface area contributed by atoms with Crippen LogP contribution in [-0.2, 0) is 61.3 Å². The zero-order valence-corrected chi connectivity index (χ0v) is 39.0. The van der Waals surface area contributed by atoms with Crippen LogP contribution in [0, 0.1) is 0 Å². The Morgan fingerprint density at radius 2 is 0.672 bits per heavy atom. The Labute approximate surface area is 366 Å². The third-order valence-electron chi connectivity index (χ3n) is 8.60. The molecule has 0 aromatic heterocycles. The van der Waals surface area contributed by atoms with Gasteiger partial charge in [-0.25, -0.2) is 4.79 Å². The molecule has 2 rings (SSSR count). The fourth-order valence-electron chi connectivity index (χ4n) is 5.86. The number of carbonyl (C=O) groups excluding carboxylic acids is 1. The van der Waals surface area contributed by atoms with E-state index in [4.69, 9.17) is 61.3 Å². The largest absolute Gasteiger partial charge is 0.444 e. The maximum Gasteiger partial charge on any atom is 0.407 e. The molecule has 1 amide bonds. The summed E-state index contributed by atoms with van der Waals surface area (Å²) in [6, 6.07) is 21.3. The van der Waals surface area contributed by atoms with Gasteiger partial charge in [0.15, 0.2) is 0 Å². The van der Waals surface area contributed by atoms with Gasteiger partial charge in [-0.05, 0) is 36.2 Å². The van der Waals surface area contributed by atoms with Crippen LogP contribution in [0.3, 0.4) is 0 Å². The van der Waals surface area contributed by atoms with E-state index in [0.29, 0.717) is 159 Å². The summed E-state index contributed by atoms with van der Waals surface area (Å²) in [5, 5.41) is 5.10. The summed E-state index contributed by atoms with van der Waals surface area (Å²) in [4.78, 5) is 11.5. The summed E-state index contributed by atoms with van der Waals surface area (Å²) in [5.41, 5.74) is -0.516. The van der Waals surface area contributed by atoms with Gasteiger partial charge in [0.2, 0.25) is 0 Å². The lowest BCUT2D eigenvalue weighted by atomic mass is 10.2. The predicted molar refractivity (Wildman–Crippen MR) is 237 cm³/mol. The molecule has 0 spiro atoms. The minimum atomic E-state index is -2.55. The number of carbonyl (C=O) groups is 1. The number of nitrogens with one attached hydrogen (secondary N) is 1. The topological polar surface area (TPSA) is 149 Å². The molecule has 1 N–H and O–H groups in total. The Hall–Kier alpha value is -2.55. The minimum absolute atomic E-state index is 0.0624. The quantitative estimate of drug-likeness (QED) is 0.0753. The SMILES string of the molecule is CC(C)(C)OC(=O)NCCOCCOCCOCCOCCOCCOCCOCCOCCOCCOCCOCCO[Si](c1ccccc1)(c1ccccc1)C(C)(C)C. The molecule has 2 aromatic rings. The van der Waals surface area contributed by atoms with Gasteiger partial charge in [-0.1, -0.05) is 81.4 Å². The molecule has 350 valence electrons. The summed E-state index contributed by atoms with van der Waals surface area (Å²) >= 11 is 0. The molecule has 0 aliphatic heterocycles. The molecule has 0 saturated carbocycles. The van der Waals surface area contributed by atoms with Crippen LogP contribution in [0.2, 0.25) is 5.04 Å². The van der Waals surface area contributed by atoms with Crippen molar-refractivity contribution >= 4 is 24.8 Å². The maximum absolute atomic E-state index is 11.5. The number of amides is 1. The van der Waals surface area contributed by atoms with Gasteiger partial charge in [-0.2, -0.15) is 0 Å². The van der Waals surface area contributed by atoms with Crippen molar-refractivity contribution in [2.45, 2.75) is 52.2 Å². The molecule has 0 heterocycles. The van der Waals surface area contributed by atoms with E-state index in [1.54, 1.807) is 0 Å². The van der Waals surface area contributed by atoms with E-state index in [1.807, 2.05) is 20.8 Å². The van der Waals surface area contributed by atoms with Gasteiger partial charge < -0.3 is 66.6 Å². The minimum Gasteiger partial charge on any atom is -0.444 e. The second-order valence-electron chi connectivity index (χ2n) is 15.7. The van der Waals surface area contributed by atoms with Crippen LogP contribution in [0.25, 0.3) is 0 Å². The highest BCUT2D eigenvalue weighted by Crippen LogP contribution is 2.36. The highest BCUT2D eigenvalue weighted by Gasteiger charge is 2.50. The highest BCUT2D eigenvalue weighted by molar-refractivity contribution is 6.99. The average molecular weight is 884 g/mol. The van der Waals surface area contributed by atoms with E-state index in [2.05, 4.69) is 86.8 Å². The third kappa shape index (κ3) is 27.3. The van der Waals surface area contributed by atoms with E-state index in [0.717, 1.165) is 0 Å². The Balaban J connectivity index is 1.26. The summed E-state index contributed by atoms with van der Waals surface area (Å²) < 4.78 is 73.1. The summed E-state index contributed by atoms with van der Waals surface area (Å²) in [5.74, 6) is 0. The number of alkyl carbamates (subject to hydrolysis) is 1. The lowest BCUT2D eigenvalue weighted by Gasteiger charge is -2.43. The molecule has 0 aliphatic carbocycles. The molecular formula is C45H77NO14Si. The Morgan fingerprint density at radius 3 is 0.934 bits per heavy atom. The molecule has 0 unspecified atom stereocenters. The van der Waals surface area contributed by atoms with Crippen molar-refractivity contribution in [2.75, 3.05) is 159 Å². The van der Waals surface area contributed by atoms with Crippen molar-refractivity contribution in [3.8, 4) is 0 Å². The first kappa shape index (κ1) is 54.6. The third-order valence-corrected chi connectivity index (χ3v) is 13.6. The normalized spacial score (nSPS) is 12.2. The maximum atomic E-state index is 11.5. The van der Waals surface area contributed by atoms with Crippen LogP contribution < -0.4 is 15.7 Å². The number of hydrogen-bond acceptors (Lipinski definition) is 14. The zero-order chi connectivity index (χ0) is 44.2. The van der Waals surface area contributed by atoms with E-state index in [1.165, 1.54) is 10.4 Å². The van der Waals surface area contributed by atoms with Crippen LogP contribution in [0.4, 0.5) is 4.79 Å². The summed E-state index contributed by atoms with van der Waals surface area (Å²) in [6.07, 6.45) is -0.454. The average Bonchev–Trinajstić information content (AvgIpc) is 3.23. The van der Waals surface area contributed by atoms with E-state index >= 15 is 0 Å². The monoisotopic (exact) mass is 884 g/mol. The first-order valence-electron chi connectivity index (χ1n) is 21.6. The van der Waals surface area contributed by atoms with Gasteiger partial charge in [-0.3, -0.25) is 0 Å². The van der Waals surface area contributed by atoms with Crippen molar-refractivity contribution in [3.05, 3.63) is 60.7 Å². The molecule has 0 atom stereocenters. The lowest BCUT2D eigenvalue weighted by molar-refractivity contribution is -0.0277. The number of hydrogen-bond donors (Lipinski definition) is 1. The van der Waals surface area contributed by atoms with Crippen molar-refractivity contribution in [3.63, 3.8) is 0 Å². The van der Waals surface area contributed by atoms with Gasteiger partial charge in [0.05, 0.1) is 152 Å².